The van der Waals surface area contributed by atoms with Crippen LogP contribution >= 0.6 is 0 Å². The van der Waals surface area contributed by atoms with Gasteiger partial charge in [0.1, 0.15) is 8.07 Å². The van der Waals surface area contributed by atoms with Crippen LogP contribution in [0.15, 0.2) is 146 Å². The maximum Gasteiger partial charge on any atom is 0.114 e. The molecule has 0 saturated carbocycles. The zero-order valence-electron chi connectivity index (χ0n) is 30.3. The molecule has 2 radical (unpaired) electrons. The van der Waals surface area contributed by atoms with Crippen molar-refractivity contribution < 1.29 is 0 Å². The number of hydrogen-bond donors (Lipinski definition) is 0. The zero-order chi connectivity index (χ0) is 35.0. The van der Waals surface area contributed by atoms with E-state index in [9.17, 15) is 0 Å². The van der Waals surface area contributed by atoms with E-state index >= 15 is 0 Å². The molecule has 0 aliphatic heterocycles. The number of fused-ring (bicyclic) bond motifs is 2. The van der Waals surface area contributed by atoms with Gasteiger partial charge in [-0.25, -0.2) is 0 Å². The molecule has 0 spiro atoms. The lowest BCUT2D eigenvalue weighted by Gasteiger charge is -2.33. The maximum atomic E-state index is 2.62. The molecule has 0 heterocycles. The SMILES string of the molecule is CCCc1ccccc1-c1cccc2c1C([Si](C)(C)C1=C(c3ccccc3)[CH]c3cccc(-c4ccccc4CCC)c31)=C(c1ccccc1)[CH]2. The second-order valence-electron chi connectivity index (χ2n) is 14.6. The fraction of sp³-hybridized carbons (Fsp3) is 0.160. The van der Waals surface area contributed by atoms with Gasteiger partial charge in [0.2, 0.25) is 0 Å². The van der Waals surface area contributed by atoms with Gasteiger partial charge < -0.3 is 0 Å². The first kappa shape index (κ1) is 33.2. The molecule has 0 N–H and O–H groups in total. The van der Waals surface area contributed by atoms with Crippen molar-refractivity contribution in [1.82, 2.24) is 0 Å². The smallest absolute Gasteiger partial charge is 0.0651 e. The molecule has 51 heavy (non-hydrogen) atoms. The molecule has 6 aromatic rings. The largest absolute Gasteiger partial charge is 0.114 e. The first-order chi connectivity index (χ1) is 25.0. The molecule has 8 rings (SSSR count). The first-order valence-corrected chi connectivity index (χ1v) is 21.7. The zero-order valence-corrected chi connectivity index (χ0v) is 31.3. The molecule has 1 heteroatoms. The second-order valence-corrected chi connectivity index (χ2v) is 18.8. The van der Waals surface area contributed by atoms with E-state index in [0.29, 0.717) is 0 Å². The number of rotatable bonds is 10. The molecule has 250 valence electrons. The molecule has 0 atom stereocenters. The Bertz CT molecular complexity index is 2120. The van der Waals surface area contributed by atoms with Crippen LogP contribution in [0.25, 0.3) is 43.8 Å². The van der Waals surface area contributed by atoms with E-state index in [4.69, 9.17) is 0 Å². The van der Waals surface area contributed by atoms with Crippen LogP contribution in [0, 0.1) is 12.8 Å². The average Bonchev–Trinajstić information content (AvgIpc) is 3.77. The van der Waals surface area contributed by atoms with Gasteiger partial charge >= 0.3 is 0 Å². The average molecular weight is 675 g/mol. The van der Waals surface area contributed by atoms with Crippen molar-refractivity contribution in [2.75, 3.05) is 0 Å². The van der Waals surface area contributed by atoms with Gasteiger partial charge in [-0.15, -0.1) is 0 Å². The van der Waals surface area contributed by atoms with Crippen LogP contribution in [0.5, 0.6) is 0 Å². The van der Waals surface area contributed by atoms with Crippen molar-refractivity contribution in [3.63, 3.8) is 0 Å². The Morgan fingerprint density at radius 3 is 1.18 bits per heavy atom. The van der Waals surface area contributed by atoms with Crippen LogP contribution in [0.3, 0.4) is 0 Å². The van der Waals surface area contributed by atoms with Crippen LogP contribution in [-0.4, -0.2) is 8.07 Å². The topological polar surface area (TPSA) is 0 Å². The normalized spacial score (nSPS) is 13.9. The van der Waals surface area contributed by atoms with Gasteiger partial charge in [-0.2, -0.15) is 0 Å². The van der Waals surface area contributed by atoms with Crippen molar-refractivity contribution >= 4 is 29.6 Å². The van der Waals surface area contributed by atoms with Gasteiger partial charge in [0.15, 0.2) is 0 Å². The predicted molar refractivity (Wildman–Crippen MR) is 223 cm³/mol. The monoisotopic (exact) mass is 674 g/mol. The van der Waals surface area contributed by atoms with E-state index in [0.717, 1.165) is 25.7 Å². The first-order valence-electron chi connectivity index (χ1n) is 18.7. The van der Waals surface area contributed by atoms with Crippen molar-refractivity contribution in [3.8, 4) is 22.3 Å². The molecule has 0 unspecified atom stereocenters. The van der Waals surface area contributed by atoms with Crippen molar-refractivity contribution in [2.45, 2.75) is 52.6 Å². The molecule has 0 aromatic heterocycles. The lowest BCUT2D eigenvalue weighted by molar-refractivity contribution is 0.923. The third-order valence-corrected chi connectivity index (χ3v) is 14.4. The number of benzene rings is 6. The molecule has 0 nitrogen and oxygen atoms in total. The lowest BCUT2D eigenvalue weighted by atomic mass is 9.92. The molecule has 0 fully saturated rings. The van der Waals surface area contributed by atoms with Crippen LogP contribution in [-0.2, 0) is 12.8 Å². The molecule has 0 amide bonds. The minimum absolute atomic E-state index is 1.07. The number of allylic oxidation sites excluding steroid dienone is 2. The molecule has 2 aliphatic carbocycles. The molecule has 6 aromatic carbocycles. The van der Waals surface area contributed by atoms with Crippen molar-refractivity contribution in [1.29, 1.82) is 0 Å². The summed E-state index contributed by atoms with van der Waals surface area (Å²) in [4.78, 5) is 0. The van der Waals surface area contributed by atoms with Gasteiger partial charge in [-0.3, -0.25) is 0 Å². The van der Waals surface area contributed by atoms with Crippen LogP contribution in [0.1, 0.15) is 71.2 Å². The summed E-state index contributed by atoms with van der Waals surface area (Å²) in [5.41, 5.74) is 19.2. The highest BCUT2D eigenvalue weighted by atomic mass is 28.3. The highest BCUT2D eigenvalue weighted by molar-refractivity contribution is 7.11. The summed E-state index contributed by atoms with van der Waals surface area (Å²) in [5, 5.41) is 3.07. The van der Waals surface area contributed by atoms with E-state index in [1.807, 2.05) is 0 Å². The summed E-state index contributed by atoms with van der Waals surface area (Å²) >= 11 is 0. The van der Waals surface area contributed by atoms with Gasteiger partial charge in [-0.05, 0) is 101 Å². The second kappa shape index (κ2) is 14.0. The molecule has 0 bridgehead atoms. The van der Waals surface area contributed by atoms with Gasteiger partial charge in [0.05, 0.1) is 0 Å². The molecule has 2 aliphatic rings. The quantitative estimate of drug-likeness (QED) is 0.127. The van der Waals surface area contributed by atoms with Gasteiger partial charge in [0, 0.05) is 12.8 Å². The lowest BCUT2D eigenvalue weighted by Crippen LogP contribution is -2.31. The van der Waals surface area contributed by atoms with E-state index in [1.54, 1.807) is 0 Å². The molecular formula is C50H46Si. The summed E-state index contributed by atoms with van der Waals surface area (Å²) in [7, 11) is -2.53. The van der Waals surface area contributed by atoms with Crippen LogP contribution < -0.4 is 0 Å². The summed E-state index contributed by atoms with van der Waals surface area (Å²) in [5.74, 6) is 0. The maximum absolute atomic E-state index is 2.62. The standard InChI is InChI=1S/C50H46Si/c1-5-19-35-25-13-15-29-41(35)43-31-17-27-39-33-45(37-21-9-7-10-22-37)49(47(39)43)51(3,4)50-46(38-23-11-8-12-24-38)34-40-28-18-32-44(48(40)50)42-30-16-14-26-36(42)20-6-2/h7-18,21-34H,5-6,19-20H2,1-4H3. The van der Waals surface area contributed by atoms with Gasteiger partial charge in [0.25, 0.3) is 0 Å². The Labute approximate surface area is 306 Å². The number of aryl methyl sites for hydroxylation is 2. The van der Waals surface area contributed by atoms with E-state index in [1.165, 1.54) is 88.3 Å². The fourth-order valence-electron chi connectivity index (χ4n) is 8.77. The summed E-state index contributed by atoms with van der Waals surface area (Å²) in [6.07, 6.45) is 9.37. The predicted octanol–water partition coefficient (Wildman–Crippen LogP) is 13.4. The van der Waals surface area contributed by atoms with Gasteiger partial charge in [-0.1, -0.05) is 185 Å². The Morgan fingerprint density at radius 1 is 0.392 bits per heavy atom. The highest BCUT2D eigenvalue weighted by Crippen LogP contribution is 2.56. The Morgan fingerprint density at radius 2 is 0.765 bits per heavy atom. The van der Waals surface area contributed by atoms with E-state index < -0.39 is 8.07 Å². The fourth-order valence-corrected chi connectivity index (χ4v) is 12.6. The number of hydrogen-bond acceptors (Lipinski definition) is 0. The van der Waals surface area contributed by atoms with Crippen LogP contribution in [0.2, 0.25) is 13.1 Å². The van der Waals surface area contributed by atoms with Crippen molar-refractivity contribution in [2.24, 2.45) is 0 Å². The summed E-state index contributed by atoms with van der Waals surface area (Å²) < 4.78 is 0. The van der Waals surface area contributed by atoms with E-state index in [2.05, 4.69) is 185 Å². The van der Waals surface area contributed by atoms with E-state index in [-0.39, 0.29) is 0 Å². The third-order valence-electron chi connectivity index (χ3n) is 10.9. The Hall–Kier alpha value is -4.98. The molecular weight excluding hydrogens is 629 g/mol. The summed E-state index contributed by atoms with van der Waals surface area (Å²) in [6.45, 7) is 9.82. The molecule has 0 saturated heterocycles. The minimum Gasteiger partial charge on any atom is -0.0651 e. The third kappa shape index (κ3) is 5.88. The van der Waals surface area contributed by atoms with Crippen LogP contribution in [0.4, 0.5) is 0 Å². The highest BCUT2D eigenvalue weighted by Gasteiger charge is 2.44. The minimum atomic E-state index is -2.53. The van der Waals surface area contributed by atoms with Crippen molar-refractivity contribution in [3.05, 3.63) is 203 Å². The Balaban J connectivity index is 1.45. The summed E-state index contributed by atoms with van der Waals surface area (Å²) in [6, 6.07) is 54.5. The Kier molecular flexibility index (Phi) is 9.09.